The van der Waals surface area contributed by atoms with Gasteiger partial charge in [-0.15, -0.1) is 0 Å². The first-order valence-electron chi connectivity index (χ1n) is 7.23. The first-order valence-corrected chi connectivity index (χ1v) is 7.64. The maximum absolute atomic E-state index is 5.29. The molecule has 0 unspecified atom stereocenters. The molecule has 0 amide bonds. The van der Waals surface area contributed by atoms with Gasteiger partial charge in [-0.05, 0) is 44.4 Å². The minimum absolute atomic E-state index is 0.682. The van der Waals surface area contributed by atoms with Crippen LogP contribution in [0.3, 0.4) is 0 Å². The number of para-hydroxylation sites is 1. The molecule has 0 radical (unpaired) electrons. The van der Waals surface area contributed by atoms with Crippen LogP contribution in [0, 0.1) is 0 Å². The minimum atomic E-state index is 0.682. The Hall–Kier alpha value is -1.17. The Labute approximate surface area is 127 Å². The SMILES string of the molecule is CCCN(CCNC)CCNC(=S)Nc1ccccc1. The molecule has 0 heterocycles. The minimum Gasteiger partial charge on any atom is -0.361 e. The maximum Gasteiger partial charge on any atom is 0.170 e. The molecule has 0 fully saturated rings. The molecule has 4 nitrogen and oxygen atoms in total. The summed E-state index contributed by atoms with van der Waals surface area (Å²) in [5.41, 5.74) is 1.02. The molecule has 112 valence electrons. The molecular formula is C15H26N4S. The van der Waals surface area contributed by atoms with Crippen molar-refractivity contribution >= 4 is 23.0 Å². The second-order valence-corrected chi connectivity index (χ2v) is 5.10. The van der Waals surface area contributed by atoms with E-state index in [9.17, 15) is 0 Å². The molecule has 1 aromatic carbocycles. The van der Waals surface area contributed by atoms with Gasteiger partial charge in [0.05, 0.1) is 0 Å². The third-order valence-electron chi connectivity index (χ3n) is 2.96. The fraction of sp³-hybridized carbons (Fsp3) is 0.533. The summed E-state index contributed by atoms with van der Waals surface area (Å²) in [4.78, 5) is 2.44. The van der Waals surface area contributed by atoms with Gasteiger partial charge in [0.15, 0.2) is 5.11 Å². The number of hydrogen-bond donors (Lipinski definition) is 3. The summed E-state index contributed by atoms with van der Waals surface area (Å²) in [6.07, 6.45) is 1.18. The highest BCUT2D eigenvalue weighted by Gasteiger charge is 2.03. The van der Waals surface area contributed by atoms with Gasteiger partial charge in [0, 0.05) is 31.9 Å². The van der Waals surface area contributed by atoms with Crippen molar-refractivity contribution in [2.75, 3.05) is 45.1 Å². The van der Waals surface area contributed by atoms with Gasteiger partial charge < -0.3 is 20.9 Å². The van der Waals surface area contributed by atoms with Gasteiger partial charge in [-0.2, -0.15) is 0 Å². The van der Waals surface area contributed by atoms with E-state index in [1.807, 2.05) is 37.4 Å². The van der Waals surface area contributed by atoms with Crippen LogP contribution in [0.5, 0.6) is 0 Å². The Kier molecular flexibility index (Phi) is 8.95. The van der Waals surface area contributed by atoms with Crippen LogP contribution in [0.1, 0.15) is 13.3 Å². The molecule has 3 N–H and O–H groups in total. The fourth-order valence-electron chi connectivity index (χ4n) is 1.95. The third kappa shape index (κ3) is 7.43. The maximum atomic E-state index is 5.29. The summed E-state index contributed by atoms with van der Waals surface area (Å²) in [5.74, 6) is 0. The molecule has 0 spiro atoms. The summed E-state index contributed by atoms with van der Waals surface area (Å²) >= 11 is 5.29. The zero-order chi connectivity index (χ0) is 14.6. The molecule has 0 saturated heterocycles. The number of nitrogens with one attached hydrogen (secondary N) is 3. The second-order valence-electron chi connectivity index (χ2n) is 4.69. The van der Waals surface area contributed by atoms with Gasteiger partial charge >= 0.3 is 0 Å². The average molecular weight is 294 g/mol. The van der Waals surface area contributed by atoms with E-state index in [0.717, 1.165) is 38.4 Å². The largest absolute Gasteiger partial charge is 0.361 e. The quantitative estimate of drug-likeness (QED) is 0.607. The van der Waals surface area contributed by atoms with Crippen molar-refractivity contribution in [3.8, 4) is 0 Å². The summed E-state index contributed by atoms with van der Waals surface area (Å²) < 4.78 is 0. The van der Waals surface area contributed by atoms with E-state index in [-0.39, 0.29) is 0 Å². The molecule has 0 bridgehead atoms. The van der Waals surface area contributed by atoms with Gasteiger partial charge in [-0.3, -0.25) is 0 Å². The molecule has 0 aromatic heterocycles. The van der Waals surface area contributed by atoms with Crippen molar-refractivity contribution in [2.45, 2.75) is 13.3 Å². The van der Waals surface area contributed by atoms with E-state index in [0.29, 0.717) is 5.11 Å². The lowest BCUT2D eigenvalue weighted by Gasteiger charge is -2.22. The van der Waals surface area contributed by atoms with Crippen LogP contribution in [0.2, 0.25) is 0 Å². The van der Waals surface area contributed by atoms with Crippen LogP contribution in [-0.4, -0.2) is 49.8 Å². The third-order valence-corrected chi connectivity index (χ3v) is 3.21. The van der Waals surface area contributed by atoms with Crippen molar-refractivity contribution in [1.82, 2.24) is 15.5 Å². The second kappa shape index (κ2) is 10.6. The first-order chi connectivity index (χ1) is 9.76. The van der Waals surface area contributed by atoms with Gasteiger partial charge in [0.2, 0.25) is 0 Å². The van der Waals surface area contributed by atoms with E-state index in [1.165, 1.54) is 6.42 Å². The normalized spacial score (nSPS) is 10.6. The molecule has 0 saturated carbocycles. The summed E-state index contributed by atoms with van der Waals surface area (Å²) in [6.45, 7) is 7.30. The van der Waals surface area contributed by atoms with Crippen LogP contribution in [0.25, 0.3) is 0 Å². The number of likely N-dealkylation sites (N-methyl/N-ethyl adjacent to an activating group) is 1. The smallest absolute Gasteiger partial charge is 0.170 e. The molecular weight excluding hydrogens is 268 g/mol. The van der Waals surface area contributed by atoms with Gasteiger partial charge in [0.1, 0.15) is 0 Å². The zero-order valence-corrected chi connectivity index (χ0v) is 13.3. The van der Waals surface area contributed by atoms with Gasteiger partial charge in [-0.1, -0.05) is 25.1 Å². The molecule has 5 heteroatoms. The summed E-state index contributed by atoms with van der Waals surface area (Å²) in [7, 11) is 1.99. The van der Waals surface area contributed by atoms with Crippen molar-refractivity contribution in [1.29, 1.82) is 0 Å². The molecule has 0 aliphatic heterocycles. The van der Waals surface area contributed by atoms with Gasteiger partial charge in [-0.25, -0.2) is 0 Å². The predicted molar refractivity (Wildman–Crippen MR) is 91.3 cm³/mol. The number of hydrogen-bond acceptors (Lipinski definition) is 3. The van der Waals surface area contributed by atoms with Crippen LogP contribution >= 0.6 is 12.2 Å². The Bertz CT molecular complexity index is 369. The van der Waals surface area contributed by atoms with Crippen molar-refractivity contribution in [3.05, 3.63) is 30.3 Å². The molecule has 20 heavy (non-hydrogen) atoms. The standard InChI is InChI=1S/C15H26N4S/c1-3-11-19(12-9-16-2)13-10-17-15(20)18-14-7-5-4-6-8-14/h4-8,16H,3,9-13H2,1-2H3,(H2,17,18,20). The van der Waals surface area contributed by atoms with E-state index in [1.54, 1.807) is 0 Å². The number of anilines is 1. The van der Waals surface area contributed by atoms with E-state index >= 15 is 0 Å². The molecule has 1 aromatic rings. The highest BCUT2D eigenvalue weighted by Crippen LogP contribution is 2.04. The Morgan fingerprint density at radius 3 is 2.45 bits per heavy atom. The Morgan fingerprint density at radius 2 is 1.80 bits per heavy atom. The molecule has 0 atom stereocenters. The number of thiocarbonyl (C=S) groups is 1. The zero-order valence-electron chi connectivity index (χ0n) is 12.5. The average Bonchev–Trinajstić information content (AvgIpc) is 2.45. The van der Waals surface area contributed by atoms with Crippen molar-refractivity contribution < 1.29 is 0 Å². The van der Waals surface area contributed by atoms with Crippen molar-refractivity contribution in [3.63, 3.8) is 0 Å². The van der Waals surface area contributed by atoms with Crippen LogP contribution in [0.4, 0.5) is 5.69 Å². The van der Waals surface area contributed by atoms with E-state index < -0.39 is 0 Å². The highest BCUT2D eigenvalue weighted by atomic mass is 32.1. The number of rotatable bonds is 9. The highest BCUT2D eigenvalue weighted by molar-refractivity contribution is 7.80. The number of nitrogens with zero attached hydrogens (tertiary/aromatic N) is 1. The molecule has 1 rings (SSSR count). The lowest BCUT2D eigenvalue weighted by Crippen LogP contribution is -2.39. The van der Waals surface area contributed by atoms with Crippen LogP contribution < -0.4 is 16.0 Å². The van der Waals surface area contributed by atoms with E-state index in [4.69, 9.17) is 12.2 Å². The fourth-order valence-corrected chi connectivity index (χ4v) is 2.17. The summed E-state index contributed by atoms with van der Waals surface area (Å²) in [6, 6.07) is 9.98. The van der Waals surface area contributed by atoms with Crippen LogP contribution in [-0.2, 0) is 0 Å². The Morgan fingerprint density at radius 1 is 1.10 bits per heavy atom. The van der Waals surface area contributed by atoms with Crippen LogP contribution in [0.15, 0.2) is 30.3 Å². The monoisotopic (exact) mass is 294 g/mol. The molecule has 0 aliphatic rings. The molecule has 0 aliphatic carbocycles. The lowest BCUT2D eigenvalue weighted by molar-refractivity contribution is 0.280. The Balaban J connectivity index is 2.22. The lowest BCUT2D eigenvalue weighted by atomic mass is 10.3. The van der Waals surface area contributed by atoms with E-state index in [2.05, 4.69) is 27.8 Å². The van der Waals surface area contributed by atoms with Crippen molar-refractivity contribution in [2.24, 2.45) is 0 Å². The number of benzene rings is 1. The topological polar surface area (TPSA) is 39.3 Å². The summed E-state index contributed by atoms with van der Waals surface area (Å²) in [5, 5.41) is 10.3. The first kappa shape index (κ1) is 16.9. The predicted octanol–water partition coefficient (Wildman–Crippen LogP) is 1.90. The van der Waals surface area contributed by atoms with Gasteiger partial charge in [0.25, 0.3) is 0 Å².